The minimum absolute atomic E-state index is 0.319. The van der Waals surface area contributed by atoms with E-state index in [0.717, 1.165) is 28.4 Å². The van der Waals surface area contributed by atoms with Crippen molar-refractivity contribution in [3.8, 4) is 11.4 Å². The number of carbonyl (C=O) groups excluding carboxylic acids is 2. The summed E-state index contributed by atoms with van der Waals surface area (Å²) in [6.45, 7) is 5.51. The second-order valence-corrected chi connectivity index (χ2v) is 7.18. The Bertz CT molecular complexity index is 1100. The molecule has 0 aliphatic carbocycles. The third-order valence-electron chi connectivity index (χ3n) is 4.69. The molecule has 7 nitrogen and oxygen atoms in total. The molecule has 2 aromatic carbocycles. The Morgan fingerprint density at radius 1 is 1.10 bits per heavy atom. The maximum atomic E-state index is 12.7. The zero-order chi connectivity index (χ0) is 22.4. The quantitative estimate of drug-likeness (QED) is 0.574. The predicted molar refractivity (Wildman–Crippen MR) is 121 cm³/mol. The van der Waals surface area contributed by atoms with Gasteiger partial charge in [-0.1, -0.05) is 24.3 Å². The van der Waals surface area contributed by atoms with Gasteiger partial charge >= 0.3 is 0 Å². The highest BCUT2D eigenvalue weighted by molar-refractivity contribution is 6.00. The third kappa shape index (κ3) is 5.60. The first-order valence-corrected chi connectivity index (χ1v) is 9.93. The summed E-state index contributed by atoms with van der Waals surface area (Å²) in [6.07, 6.45) is 3.08. The van der Waals surface area contributed by atoms with E-state index in [4.69, 9.17) is 4.74 Å². The van der Waals surface area contributed by atoms with Crippen LogP contribution in [0.25, 0.3) is 11.8 Å². The number of benzene rings is 2. The van der Waals surface area contributed by atoms with E-state index < -0.39 is 6.04 Å². The molecule has 0 bridgehead atoms. The molecule has 2 amide bonds. The second-order valence-electron chi connectivity index (χ2n) is 7.18. The van der Waals surface area contributed by atoms with E-state index in [9.17, 15) is 9.59 Å². The van der Waals surface area contributed by atoms with Gasteiger partial charge in [-0.05, 0) is 62.7 Å². The first kappa shape index (κ1) is 21.8. The SMILES string of the molecule is COc1ccc(/C=C\C(=O)N[C@H](C)C(=O)Nc2ccccc2-n2nc(C)cc2C)cc1. The number of para-hydroxylation sites is 2. The second kappa shape index (κ2) is 9.75. The first-order chi connectivity index (χ1) is 14.9. The zero-order valence-corrected chi connectivity index (χ0v) is 18.0. The molecule has 1 atom stereocenters. The van der Waals surface area contributed by atoms with Crippen molar-refractivity contribution in [3.05, 3.63) is 77.6 Å². The minimum Gasteiger partial charge on any atom is -0.497 e. The first-order valence-electron chi connectivity index (χ1n) is 9.93. The topological polar surface area (TPSA) is 85.2 Å². The molecule has 3 rings (SSSR count). The molecular weight excluding hydrogens is 392 g/mol. The average Bonchev–Trinajstić information content (AvgIpc) is 3.10. The molecule has 0 spiro atoms. The number of hydrogen-bond acceptors (Lipinski definition) is 4. The number of aromatic nitrogens is 2. The van der Waals surface area contributed by atoms with Gasteiger partial charge in [0, 0.05) is 11.8 Å². The van der Waals surface area contributed by atoms with Gasteiger partial charge in [-0.2, -0.15) is 5.10 Å². The molecule has 31 heavy (non-hydrogen) atoms. The fourth-order valence-electron chi connectivity index (χ4n) is 3.09. The van der Waals surface area contributed by atoms with Gasteiger partial charge in [-0.25, -0.2) is 4.68 Å². The maximum absolute atomic E-state index is 12.7. The number of ether oxygens (including phenoxy) is 1. The lowest BCUT2D eigenvalue weighted by Crippen LogP contribution is -2.41. The molecule has 0 saturated heterocycles. The molecule has 3 aromatic rings. The van der Waals surface area contributed by atoms with Crippen LogP contribution in [0.2, 0.25) is 0 Å². The van der Waals surface area contributed by atoms with Gasteiger partial charge in [-0.3, -0.25) is 9.59 Å². The highest BCUT2D eigenvalue weighted by Gasteiger charge is 2.17. The molecular formula is C24H26N4O3. The fraction of sp³-hybridized carbons (Fsp3) is 0.208. The number of amides is 2. The van der Waals surface area contributed by atoms with Gasteiger partial charge < -0.3 is 15.4 Å². The van der Waals surface area contributed by atoms with E-state index in [0.29, 0.717) is 5.69 Å². The van der Waals surface area contributed by atoms with Gasteiger partial charge in [-0.15, -0.1) is 0 Å². The lowest BCUT2D eigenvalue weighted by molar-refractivity contribution is -0.123. The highest BCUT2D eigenvalue weighted by Crippen LogP contribution is 2.21. The van der Waals surface area contributed by atoms with Crippen molar-refractivity contribution < 1.29 is 14.3 Å². The van der Waals surface area contributed by atoms with Crippen molar-refractivity contribution in [2.75, 3.05) is 12.4 Å². The van der Waals surface area contributed by atoms with Gasteiger partial charge in [0.2, 0.25) is 11.8 Å². The maximum Gasteiger partial charge on any atom is 0.246 e. The van der Waals surface area contributed by atoms with Crippen LogP contribution in [0.4, 0.5) is 5.69 Å². The molecule has 7 heteroatoms. The zero-order valence-electron chi connectivity index (χ0n) is 18.0. The smallest absolute Gasteiger partial charge is 0.246 e. The summed E-state index contributed by atoms with van der Waals surface area (Å²) in [4.78, 5) is 24.9. The Morgan fingerprint density at radius 2 is 1.81 bits per heavy atom. The Kier molecular flexibility index (Phi) is 6.87. The predicted octanol–water partition coefficient (Wildman–Crippen LogP) is 3.65. The Hall–Kier alpha value is -3.87. The lowest BCUT2D eigenvalue weighted by Gasteiger charge is -2.16. The largest absolute Gasteiger partial charge is 0.497 e. The van der Waals surface area contributed by atoms with Crippen LogP contribution in [0.3, 0.4) is 0 Å². The van der Waals surface area contributed by atoms with Gasteiger partial charge in [0.15, 0.2) is 0 Å². The summed E-state index contributed by atoms with van der Waals surface area (Å²) in [5.41, 5.74) is 4.09. The van der Waals surface area contributed by atoms with Crippen molar-refractivity contribution in [1.29, 1.82) is 0 Å². The Morgan fingerprint density at radius 3 is 2.45 bits per heavy atom. The number of aryl methyl sites for hydroxylation is 2. The number of nitrogens with zero attached hydrogens (tertiary/aromatic N) is 2. The molecule has 0 saturated carbocycles. The summed E-state index contributed by atoms with van der Waals surface area (Å²) >= 11 is 0. The van der Waals surface area contributed by atoms with Crippen LogP contribution in [0.5, 0.6) is 5.75 Å². The normalized spacial score (nSPS) is 11.9. The van der Waals surface area contributed by atoms with Crippen LogP contribution in [0.15, 0.2) is 60.7 Å². The number of nitrogens with one attached hydrogen (secondary N) is 2. The van der Waals surface area contributed by atoms with E-state index in [1.807, 2.05) is 68.4 Å². The van der Waals surface area contributed by atoms with E-state index in [2.05, 4.69) is 15.7 Å². The van der Waals surface area contributed by atoms with Crippen LogP contribution < -0.4 is 15.4 Å². The number of carbonyl (C=O) groups is 2. The third-order valence-corrected chi connectivity index (χ3v) is 4.69. The van der Waals surface area contributed by atoms with Crippen LogP contribution in [-0.4, -0.2) is 34.7 Å². The van der Waals surface area contributed by atoms with Gasteiger partial charge in [0.25, 0.3) is 0 Å². The van der Waals surface area contributed by atoms with Crippen molar-refractivity contribution in [1.82, 2.24) is 15.1 Å². The van der Waals surface area contributed by atoms with Crippen LogP contribution >= 0.6 is 0 Å². The Labute approximate surface area is 181 Å². The molecule has 0 aliphatic heterocycles. The molecule has 0 radical (unpaired) electrons. The number of anilines is 1. The summed E-state index contributed by atoms with van der Waals surface area (Å²) in [5.74, 6) is 0.0677. The van der Waals surface area contributed by atoms with Crippen LogP contribution in [-0.2, 0) is 9.59 Å². The number of methoxy groups -OCH3 is 1. The molecule has 1 heterocycles. The number of hydrogen-bond donors (Lipinski definition) is 2. The summed E-state index contributed by atoms with van der Waals surface area (Å²) < 4.78 is 6.90. The van der Waals surface area contributed by atoms with Crippen molar-refractivity contribution in [2.24, 2.45) is 0 Å². The van der Waals surface area contributed by atoms with E-state index >= 15 is 0 Å². The molecule has 0 unspecified atom stereocenters. The standard InChI is InChI=1S/C24H26N4O3/c1-16-15-17(2)28(27-16)22-8-6-5-7-21(22)26-24(30)18(3)25-23(29)14-11-19-9-12-20(31-4)13-10-19/h5-15,18H,1-4H3,(H,25,29)(H,26,30)/b14-11-/t18-/m1/s1. The van der Waals surface area contributed by atoms with Crippen molar-refractivity contribution in [2.45, 2.75) is 26.8 Å². The van der Waals surface area contributed by atoms with Crippen molar-refractivity contribution in [3.63, 3.8) is 0 Å². The van der Waals surface area contributed by atoms with Crippen molar-refractivity contribution >= 4 is 23.6 Å². The van der Waals surface area contributed by atoms with Gasteiger partial charge in [0.05, 0.1) is 24.2 Å². The average molecular weight is 418 g/mol. The molecule has 160 valence electrons. The molecule has 0 aliphatic rings. The number of rotatable bonds is 7. The highest BCUT2D eigenvalue weighted by atomic mass is 16.5. The monoisotopic (exact) mass is 418 g/mol. The molecule has 2 N–H and O–H groups in total. The van der Waals surface area contributed by atoms with E-state index in [1.165, 1.54) is 6.08 Å². The van der Waals surface area contributed by atoms with Crippen LogP contribution in [0, 0.1) is 13.8 Å². The van der Waals surface area contributed by atoms with Crippen LogP contribution in [0.1, 0.15) is 23.9 Å². The summed E-state index contributed by atoms with van der Waals surface area (Å²) in [5, 5.41) is 10.1. The molecule has 0 fully saturated rings. The molecule has 1 aromatic heterocycles. The van der Waals surface area contributed by atoms with E-state index in [1.54, 1.807) is 24.8 Å². The van der Waals surface area contributed by atoms with E-state index in [-0.39, 0.29) is 11.8 Å². The summed E-state index contributed by atoms with van der Waals surface area (Å²) in [7, 11) is 1.60. The Balaban J connectivity index is 1.64. The fourth-order valence-corrected chi connectivity index (χ4v) is 3.09. The minimum atomic E-state index is -0.721. The van der Waals surface area contributed by atoms with Gasteiger partial charge in [0.1, 0.15) is 11.8 Å². The summed E-state index contributed by atoms with van der Waals surface area (Å²) in [6, 6.07) is 16.0. The lowest BCUT2D eigenvalue weighted by atomic mass is 10.2.